The average Bonchev–Trinajstić information content (AvgIpc) is 2.80. The van der Waals surface area contributed by atoms with E-state index in [2.05, 4.69) is 10.6 Å². The Hall–Kier alpha value is -1.98. The van der Waals surface area contributed by atoms with Crippen LogP contribution in [0.15, 0.2) is 18.2 Å². The summed E-state index contributed by atoms with van der Waals surface area (Å²) in [4.78, 5) is 24.2. The first kappa shape index (κ1) is 16.4. The number of benzene rings is 1. The van der Waals surface area contributed by atoms with Gasteiger partial charge in [0.15, 0.2) is 0 Å². The number of carbonyl (C=O) groups excluding carboxylic acids is 2. The van der Waals surface area contributed by atoms with Crippen LogP contribution in [0.25, 0.3) is 0 Å². The smallest absolute Gasteiger partial charge is 0.233 e. The van der Waals surface area contributed by atoms with Crippen molar-refractivity contribution in [1.82, 2.24) is 10.6 Å². The van der Waals surface area contributed by atoms with Crippen LogP contribution in [0, 0.1) is 28.9 Å². The summed E-state index contributed by atoms with van der Waals surface area (Å²) in [5.74, 6) is -3.28. The number of nitrogens with one attached hydrogen (secondary N) is 2. The lowest BCUT2D eigenvalue weighted by molar-refractivity contribution is -0.135. The second-order valence-corrected chi connectivity index (χ2v) is 6.61. The monoisotopic (exact) mass is 310 g/mol. The molecule has 2 atom stereocenters. The molecule has 120 valence electrons. The Morgan fingerprint density at radius 3 is 2.45 bits per heavy atom. The van der Waals surface area contributed by atoms with E-state index < -0.39 is 23.5 Å². The van der Waals surface area contributed by atoms with Crippen molar-refractivity contribution in [3.63, 3.8) is 0 Å². The number of amides is 2. The largest absolute Gasteiger partial charge is 0.355 e. The minimum Gasteiger partial charge on any atom is -0.355 e. The van der Waals surface area contributed by atoms with E-state index in [9.17, 15) is 18.4 Å². The van der Waals surface area contributed by atoms with Crippen LogP contribution in [0.3, 0.4) is 0 Å². The van der Waals surface area contributed by atoms with Gasteiger partial charge in [-0.2, -0.15) is 0 Å². The van der Waals surface area contributed by atoms with Crippen LogP contribution in [-0.2, 0) is 16.1 Å². The molecule has 1 aromatic rings. The van der Waals surface area contributed by atoms with Crippen molar-refractivity contribution in [3.05, 3.63) is 35.4 Å². The molecule has 1 aliphatic rings. The molecular formula is C16H20F2N2O2. The highest BCUT2D eigenvalue weighted by atomic mass is 19.1. The molecule has 0 aromatic heterocycles. The summed E-state index contributed by atoms with van der Waals surface area (Å²) in [6.07, 6.45) is 0. The van der Waals surface area contributed by atoms with Crippen molar-refractivity contribution in [2.24, 2.45) is 17.3 Å². The topological polar surface area (TPSA) is 58.2 Å². The molecule has 2 amide bonds. The Kier molecular flexibility index (Phi) is 4.49. The molecule has 2 rings (SSSR count). The van der Waals surface area contributed by atoms with Gasteiger partial charge in [-0.1, -0.05) is 26.8 Å². The molecule has 0 unspecified atom stereocenters. The van der Waals surface area contributed by atoms with Gasteiger partial charge >= 0.3 is 0 Å². The van der Waals surface area contributed by atoms with Gasteiger partial charge in [0.25, 0.3) is 0 Å². The Morgan fingerprint density at radius 1 is 1.32 bits per heavy atom. The zero-order valence-corrected chi connectivity index (χ0v) is 12.9. The first-order valence-corrected chi connectivity index (χ1v) is 7.20. The summed E-state index contributed by atoms with van der Waals surface area (Å²) in [6.45, 7) is 6.00. The fourth-order valence-electron chi connectivity index (χ4n) is 2.72. The quantitative estimate of drug-likeness (QED) is 0.839. The summed E-state index contributed by atoms with van der Waals surface area (Å²) in [5, 5.41) is 5.16. The van der Waals surface area contributed by atoms with Gasteiger partial charge in [-0.25, -0.2) is 8.78 Å². The minimum atomic E-state index is -0.838. The van der Waals surface area contributed by atoms with E-state index in [4.69, 9.17) is 0 Å². The average molecular weight is 310 g/mol. The highest BCUT2D eigenvalue weighted by Crippen LogP contribution is 2.35. The number of rotatable bonds is 3. The fraction of sp³-hybridized carbons (Fsp3) is 0.500. The Bertz CT molecular complexity index is 576. The Morgan fingerprint density at radius 2 is 1.91 bits per heavy atom. The van der Waals surface area contributed by atoms with E-state index in [1.807, 2.05) is 20.8 Å². The summed E-state index contributed by atoms with van der Waals surface area (Å²) in [6, 6.07) is 3.52. The normalized spacial score (nSPS) is 21.6. The molecule has 2 N–H and O–H groups in total. The van der Waals surface area contributed by atoms with Crippen LogP contribution in [0.1, 0.15) is 26.3 Å². The van der Waals surface area contributed by atoms with Crippen molar-refractivity contribution < 1.29 is 18.4 Å². The van der Waals surface area contributed by atoms with Crippen LogP contribution >= 0.6 is 0 Å². The standard InChI is InChI=1S/C16H20F2N2O2/c1-16(2,3)10-8-20-15(22)13(10)14(21)19-7-9-11(17)5-4-6-12(9)18/h4-6,10,13H,7-8H2,1-3H3,(H,19,21)(H,20,22)/t10-,13-/m0/s1. The maximum Gasteiger partial charge on any atom is 0.233 e. The maximum absolute atomic E-state index is 13.6. The molecule has 0 saturated carbocycles. The third-order valence-corrected chi connectivity index (χ3v) is 4.08. The van der Waals surface area contributed by atoms with E-state index in [1.54, 1.807) is 0 Å². The molecule has 6 heteroatoms. The molecule has 0 aliphatic carbocycles. The lowest BCUT2D eigenvalue weighted by atomic mass is 9.74. The predicted octanol–water partition coefficient (Wildman–Crippen LogP) is 1.99. The molecule has 4 nitrogen and oxygen atoms in total. The van der Waals surface area contributed by atoms with Crippen molar-refractivity contribution in [2.45, 2.75) is 27.3 Å². The molecule has 1 aromatic carbocycles. The van der Waals surface area contributed by atoms with Crippen molar-refractivity contribution in [2.75, 3.05) is 6.54 Å². The minimum absolute atomic E-state index is 0.162. The van der Waals surface area contributed by atoms with Gasteiger partial charge in [-0.05, 0) is 17.5 Å². The van der Waals surface area contributed by atoms with E-state index in [-0.39, 0.29) is 29.3 Å². The first-order chi connectivity index (χ1) is 10.2. The summed E-state index contributed by atoms with van der Waals surface area (Å²) in [5.41, 5.74) is -0.439. The lowest BCUT2D eigenvalue weighted by Gasteiger charge is -2.29. The molecular weight excluding hydrogens is 290 g/mol. The fourth-order valence-corrected chi connectivity index (χ4v) is 2.72. The first-order valence-electron chi connectivity index (χ1n) is 7.20. The molecule has 0 bridgehead atoms. The molecule has 1 saturated heterocycles. The zero-order chi connectivity index (χ0) is 16.5. The van der Waals surface area contributed by atoms with Gasteiger partial charge in [0.2, 0.25) is 11.8 Å². The van der Waals surface area contributed by atoms with Gasteiger partial charge in [-0.15, -0.1) is 0 Å². The van der Waals surface area contributed by atoms with Gasteiger partial charge in [0.05, 0.1) is 0 Å². The van der Waals surface area contributed by atoms with Crippen LogP contribution in [0.2, 0.25) is 0 Å². The number of hydrogen-bond acceptors (Lipinski definition) is 2. The molecule has 0 radical (unpaired) electrons. The van der Waals surface area contributed by atoms with E-state index in [0.717, 1.165) is 12.1 Å². The van der Waals surface area contributed by atoms with Crippen molar-refractivity contribution in [3.8, 4) is 0 Å². The molecule has 0 spiro atoms. The predicted molar refractivity (Wildman–Crippen MR) is 77.6 cm³/mol. The molecule has 1 fully saturated rings. The van der Waals surface area contributed by atoms with Gasteiger partial charge in [0.1, 0.15) is 17.6 Å². The van der Waals surface area contributed by atoms with E-state index in [0.29, 0.717) is 6.54 Å². The highest BCUT2D eigenvalue weighted by Gasteiger charge is 2.45. The summed E-state index contributed by atoms with van der Waals surface area (Å²) < 4.78 is 27.1. The van der Waals surface area contributed by atoms with Gasteiger partial charge < -0.3 is 10.6 Å². The summed E-state index contributed by atoms with van der Waals surface area (Å²) in [7, 11) is 0. The highest BCUT2D eigenvalue weighted by molar-refractivity contribution is 6.02. The van der Waals surface area contributed by atoms with Crippen LogP contribution in [-0.4, -0.2) is 18.4 Å². The Balaban J connectivity index is 2.10. The molecule has 1 heterocycles. The maximum atomic E-state index is 13.6. The lowest BCUT2D eigenvalue weighted by Crippen LogP contribution is -2.40. The van der Waals surface area contributed by atoms with Crippen LogP contribution < -0.4 is 10.6 Å². The number of hydrogen-bond donors (Lipinski definition) is 2. The van der Waals surface area contributed by atoms with E-state index in [1.165, 1.54) is 6.07 Å². The molecule has 22 heavy (non-hydrogen) atoms. The second kappa shape index (κ2) is 6.02. The summed E-state index contributed by atoms with van der Waals surface area (Å²) >= 11 is 0. The number of halogens is 2. The van der Waals surface area contributed by atoms with Gasteiger partial charge in [0, 0.05) is 24.6 Å². The van der Waals surface area contributed by atoms with Crippen molar-refractivity contribution in [1.29, 1.82) is 0 Å². The molecule has 1 aliphatic heterocycles. The van der Waals surface area contributed by atoms with Crippen LogP contribution in [0.4, 0.5) is 8.78 Å². The zero-order valence-electron chi connectivity index (χ0n) is 12.9. The third kappa shape index (κ3) is 3.26. The second-order valence-electron chi connectivity index (χ2n) is 6.61. The van der Waals surface area contributed by atoms with E-state index >= 15 is 0 Å². The third-order valence-electron chi connectivity index (χ3n) is 4.08. The number of carbonyl (C=O) groups is 2. The Labute approximate surface area is 128 Å². The van der Waals surface area contributed by atoms with Crippen LogP contribution in [0.5, 0.6) is 0 Å². The SMILES string of the molecule is CC(C)(C)[C@H]1CNC(=O)[C@@H]1C(=O)NCc1c(F)cccc1F. The van der Waals surface area contributed by atoms with Gasteiger partial charge in [-0.3, -0.25) is 9.59 Å². The van der Waals surface area contributed by atoms with Crippen molar-refractivity contribution >= 4 is 11.8 Å².